The summed E-state index contributed by atoms with van der Waals surface area (Å²) < 4.78 is 0. The molecule has 3 N–H and O–H groups in total. The van der Waals surface area contributed by atoms with Gasteiger partial charge in [0.1, 0.15) is 0 Å². The van der Waals surface area contributed by atoms with Gasteiger partial charge in [0.25, 0.3) is 0 Å². The third kappa shape index (κ3) is 5.85. The molecule has 106 valence electrons. The van der Waals surface area contributed by atoms with Crippen molar-refractivity contribution < 1.29 is 20.1 Å². The minimum absolute atomic E-state index is 0.116. The molecule has 19 heavy (non-hydrogen) atoms. The topological polar surface area (TPSA) is 77.8 Å². The van der Waals surface area contributed by atoms with E-state index < -0.39 is 5.97 Å². The minimum Gasteiger partial charge on any atom is -0.481 e. The molecule has 0 aliphatic rings. The molecule has 0 amide bonds. The molecule has 4 nitrogen and oxygen atoms in total. The molecular formula is C15H22O4. The van der Waals surface area contributed by atoms with Gasteiger partial charge in [-0.3, -0.25) is 4.79 Å². The number of aliphatic hydroxyl groups is 2. The third-order valence-corrected chi connectivity index (χ3v) is 3.26. The molecule has 0 unspecified atom stereocenters. The van der Waals surface area contributed by atoms with E-state index >= 15 is 0 Å². The van der Waals surface area contributed by atoms with E-state index in [0.29, 0.717) is 19.3 Å². The first-order chi connectivity index (χ1) is 9.17. The largest absolute Gasteiger partial charge is 0.481 e. The Morgan fingerprint density at radius 3 is 2.11 bits per heavy atom. The second-order valence-corrected chi connectivity index (χ2v) is 4.71. The van der Waals surface area contributed by atoms with Crippen molar-refractivity contribution in [1.29, 1.82) is 0 Å². The first-order valence-corrected chi connectivity index (χ1v) is 6.69. The number of rotatable bonds is 9. The molecule has 1 aromatic carbocycles. The van der Waals surface area contributed by atoms with Crippen LogP contribution in [0.25, 0.3) is 0 Å². The van der Waals surface area contributed by atoms with Crippen LogP contribution in [0.1, 0.15) is 42.7 Å². The number of carbonyl (C=O) groups is 1. The maximum absolute atomic E-state index is 10.4. The van der Waals surface area contributed by atoms with E-state index in [1.807, 2.05) is 24.3 Å². The molecule has 0 saturated heterocycles. The SMILES string of the molecule is O=C(O)CCCc1ccc(C(CCO)CCO)cc1. The molecule has 0 fully saturated rings. The van der Waals surface area contributed by atoms with Crippen molar-refractivity contribution in [3.8, 4) is 0 Å². The molecule has 1 rings (SSSR count). The monoisotopic (exact) mass is 266 g/mol. The van der Waals surface area contributed by atoms with Crippen LogP contribution in [0.4, 0.5) is 0 Å². The van der Waals surface area contributed by atoms with E-state index in [1.54, 1.807) is 0 Å². The molecule has 0 aromatic heterocycles. The Kier molecular flexibility index (Phi) is 7.15. The third-order valence-electron chi connectivity index (χ3n) is 3.26. The van der Waals surface area contributed by atoms with Crippen molar-refractivity contribution in [2.24, 2.45) is 0 Å². The first-order valence-electron chi connectivity index (χ1n) is 6.69. The van der Waals surface area contributed by atoms with Crippen molar-refractivity contribution in [2.75, 3.05) is 13.2 Å². The maximum atomic E-state index is 10.4. The van der Waals surface area contributed by atoms with E-state index in [9.17, 15) is 4.79 Å². The number of hydrogen-bond donors (Lipinski definition) is 3. The van der Waals surface area contributed by atoms with Gasteiger partial charge in [-0.25, -0.2) is 0 Å². The van der Waals surface area contributed by atoms with Crippen LogP contribution < -0.4 is 0 Å². The number of aryl methyl sites for hydroxylation is 1. The molecule has 0 bridgehead atoms. The molecule has 0 saturated carbocycles. The molecule has 0 spiro atoms. The predicted octanol–water partition coefficient (Wildman–Crippen LogP) is 1.94. The lowest BCUT2D eigenvalue weighted by Gasteiger charge is -2.15. The fourth-order valence-electron chi connectivity index (χ4n) is 2.19. The highest BCUT2D eigenvalue weighted by atomic mass is 16.4. The molecule has 0 aliphatic carbocycles. The summed E-state index contributed by atoms with van der Waals surface area (Å²) in [5.41, 5.74) is 2.24. The number of carboxylic acid groups (broad SMARTS) is 1. The van der Waals surface area contributed by atoms with E-state index in [-0.39, 0.29) is 25.6 Å². The lowest BCUT2D eigenvalue weighted by Crippen LogP contribution is -2.04. The molecular weight excluding hydrogens is 244 g/mol. The maximum Gasteiger partial charge on any atom is 0.303 e. The van der Waals surface area contributed by atoms with Gasteiger partial charge in [0.2, 0.25) is 0 Å². The summed E-state index contributed by atoms with van der Waals surface area (Å²) in [7, 11) is 0. The van der Waals surface area contributed by atoms with Crippen LogP contribution >= 0.6 is 0 Å². The van der Waals surface area contributed by atoms with E-state index in [4.69, 9.17) is 15.3 Å². The van der Waals surface area contributed by atoms with Crippen molar-refractivity contribution in [3.63, 3.8) is 0 Å². The molecule has 0 heterocycles. The molecule has 0 radical (unpaired) electrons. The van der Waals surface area contributed by atoms with Crippen LogP contribution in [-0.2, 0) is 11.2 Å². The van der Waals surface area contributed by atoms with Crippen molar-refractivity contribution >= 4 is 5.97 Å². The Morgan fingerprint density at radius 2 is 1.63 bits per heavy atom. The van der Waals surface area contributed by atoms with Crippen LogP contribution in [0.2, 0.25) is 0 Å². The number of hydrogen-bond acceptors (Lipinski definition) is 3. The number of aliphatic hydroxyl groups excluding tert-OH is 2. The summed E-state index contributed by atoms with van der Waals surface area (Å²) in [6, 6.07) is 8.01. The fraction of sp³-hybridized carbons (Fsp3) is 0.533. The number of aliphatic carboxylic acids is 1. The summed E-state index contributed by atoms with van der Waals surface area (Å²) in [6.45, 7) is 0.232. The highest BCUT2D eigenvalue weighted by molar-refractivity contribution is 5.66. The van der Waals surface area contributed by atoms with Gasteiger partial charge in [-0.15, -0.1) is 0 Å². The zero-order valence-corrected chi connectivity index (χ0v) is 11.1. The molecule has 1 aromatic rings. The Morgan fingerprint density at radius 1 is 1.05 bits per heavy atom. The average Bonchev–Trinajstić information content (AvgIpc) is 2.39. The Bertz CT molecular complexity index is 366. The Balaban J connectivity index is 2.55. The number of carboxylic acids is 1. The van der Waals surface area contributed by atoms with E-state index in [2.05, 4.69) is 0 Å². The molecule has 0 aliphatic heterocycles. The van der Waals surface area contributed by atoms with Gasteiger partial charge in [0.05, 0.1) is 0 Å². The lowest BCUT2D eigenvalue weighted by molar-refractivity contribution is -0.137. The van der Waals surface area contributed by atoms with Gasteiger partial charge < -0.3 is 15.3 Å². The normalized spacial score (nSPS) is 10.9. The summed E-state index contributed by atoms with van der Waals surface area (Å²) in [4.78, 5) is 10.4. The predicted molar refractivity (Wildman–Crippen MR) is 73.2 cm³/mol. The summed E-state index contributed by atoms with van der Waals surface area (Å²) in [5.74, 6) is -0.578. The van der Waals surface area contributed by atoms with Gasteiger partial charge in [-0.2, -0.15) is 0 Å². The quantitative estimate of drug-likeness (QED) is 0.638. The summed E-state index contributed by atoms with van der Waals surface area (Å²) in [6.07, 6.45) is 2.90. The molecule has 0 atom stereocenters. The van der Waals surface area contributed by atoms with Crippen LogP contribution in [0.3, 0.4) is 0 Å². The Hall–Kier alpha value is -1.39. The highest BCUT2D eigenvalue weighted by Gasteiger charge is 2.10. The van der Waals surface area contributed by atoms with Gasteiger partial charge >= 0.3 is 5.97 Å². The van der Waals surface area contributed by atoms with E-state index in [1.165, 1.54) is 0 Å². The van der Waals surface area contributed by atoms with E-state index in [0.717, 1.165) is 17.5 Å². The smallest absolute Gasteiger partial charge is 0.303 e. The van der Waals surface area contributed by atoms with Crippen molar-refractivity contribution in [3.05, 3.63) is 35.4 Å². The second-order valence-electron chi connectivity index (χ2n) is 4.71. The average molecular weight is 266 g/mol. The minimum atomic E-state index is -0.762. The van der Waals surface area contributed by atoms with Crippen LogP contribution in [0.5, 0.6) is 0 Å². The van der Waals surface area contributed by atoms with Crippen LogP contribution in [0, 0.1) is 0 Å². The summed E-state index contributed by atoms with van der Waals surface area (Å²) in [5, 5.41) is 26.6. The zero-order chi connectivity index (χ0) is 14.1. The second kappa shape index (κ2) is 8.67. The van der Waals surface area contributed by atoms with Crippen molar-refractivity contribution in [1.82, 2.24) is 0 Å². The molecule has 4 heteroatoms. The summed E-state index contributed by atoms with van der Waals surface area (Å²) >= 11 is 0. The van der Waals surface area contributed by atoms with Gasteiger partial charge in [0.15, 0.2) is 0 Å². The Labute approximate surface area is 113 Å². The standard InChI is InChI=1S/C15H22O4/c16-10-8-14(9-11-17)13-6-4-12(5-7-13)2-1-3-15(18)19/h4-7,14,16-17H,1-3,8-11H2,(H,18,19). The number of benzene rings is 1. The lowest BCUT2D eigenvalue weighted by atomic mass is 9.92. The van der Waals surface area contributed by atoms with Gasteiger partial charge in [0, 0.05) is 19.6 Å². The zero-order valence-electron chi connectivity index (χ0n) is 11.1. The van der Waals surface area contributed by atoms with Crippen molar-refractivity contribution in [2.45, 2.75) is 38.0 Å². The van der Waals surface area contributed by atoms with Crippen LogP contribution in [0.15, 0.2) is 24.3 Å². The van der Waals surface area contributed by atoms with Gasteiger partial charge in [-0.1, -0.05) is 24.3 Å². The first kappa shape index (κ1) is 15.7. The van der Waals surface area contributed by atoms with Crippen LogP contribution in [-0.4, -0.2) is 34.5 Å². The van der Waals surface area contributed by atoms with Gasteiger partial charge in [-0.05, 0) is 42.7 Å². The highest BCUT2D eigenvalue weighted by Crippen LogP contribution is 2.23. The fourth-order valence-corrected chi connectivity index (χ4v) is 2.19.